The first kappa shape index (κ1) is 16.5. The number of aromatic nitrogens is 3. The number of aliphatic hydroxyl groups is 1. The molecule has 1 fully saturated rings. The number of allylic oxidation sites excluding steroid dienone is 1. The highest BCUT2D eigenvalue weighted by Gasteiger charge is 2.49. The van der Waals surface area contributed by atoms with Gasteiger partial charge in [0.05, 0.1) is 24.3 Å². The molecule has 1 aromatic heterocycles. The van der Waals surface area contributed by atoms with Gasteiger partial charge in [-0.05, 0) is 24.3 Å². The van der Waals surface area contributed by atoms with Gasteiger partial charge in [0.2, 0.25) is 0 Å². The summed E-state index contributed by atoms with van der Waals surface area (Å²) in [6, 6.07) is 10.2. The molecule has 132 valence electrons. The molecule has 1 atom stereocenters. The van der Waals surface area contributed by atoms with Gasteiger partial charge in [-0.15, -0.1) is 0 Å². The van der Waals surface area contributed by atoms with Crippen LogP contribution in [0.15, 0.2) is 41.8 Å². The highest BCUT2D eigenvalue weighted by molar-refractivity contribution is 7.94. The third kappa shape index (κ3) is 3.14. The van der Waals surface area contributed by atoms with Crippen molar-refractivity contribution in [1.29, 1.82) is 0 Å². The van der Waals surface area contributed by atoms with E-state index < -0.39 is 9.84 Å². The second-order valence-corrected chi connectivity index (χ2v) is 8.80. The Morgan fingerprint density at radius 1 is 1.24 bits per heavy atom. The van der Waals surface area contributed by atoms with E-state index in [-0.39, 0.29) is 23.7 Å². The molecule has 1 aromatic carbocycles. The lowest BCUT2D eigenvalue weighted by molar-refractivity contribution is 0.266. The molecule has 2 aliphatic rings. The van der Waals surface area contributed by atoms with Crippen LogP contribution in [0, 0.1) is 5.92 Å². The van der Waals surface area contributed by atoms with Crippen molar-refractivity contribution in [3.8, 4) is 0 Å². The summed E-state index contributed by atoms with van der Waals surface area (Å²) in [6.07, 6.45) is 4.28. The van der Waals surface area contributed by atoms with Crippen LogP contribution in [0.25, 0.3) is 0 Å². The van der Waals surface area contributed by atoms with E-state index in [0.29, 0.717) is 13.0 Å². The maximum atomic E-state index is 11.6. The molecule has 0 unspecified atom stereocenters. The lowest BCUT2D eigenvalue weighted by Crippen LogP contribution is -2.14. The zero-order chi connectivity index (χ0) is 17.5. The molecule has 0 amide bonds. The molecular weight excluding hydrogens is 338 g/mol. The fourth-order valence-corrected chi connectivity index (χ4v) is 4.93. The molecule has 0 bridgehead atoms. The molecule has 1 aliphatic heterocycles. The standard InChI is InChI=1S/C18H21N3O3S/c22-10-9-21-16(12-14-6-11-25(23,24)13-14)19-17(20-21)18(7-8-18)15-4-2-1-3-5-15/h1-6,11,14,22H,7-10,12-13H2/t14-/m0/s1. The Hall–Kier alpha value is -1.99. The van der Waals surface area contributed by atoms with Gasteiger partial charge in [0.25, 0.3) is 0 Å². The number of aliphatic hydroxyl groups excluding tert-OH is 1. The van der Waals surface area contributed by atoms with E-state index in [0.717, 1.165) is 24.5 Å². The van der Waals surface area contributed by atoms with Crippen LogP contribution in [0.3, 0.4) is 0 Å². The Morgan fingerprint density at radius 2 is 2.00 bits per heavy atom. The zero-order valence-electron chi connectivity index (χ0n) is 13.9. The molecule has 0 spiro atoms. The molecule has 0 saturated heterocycles. The van der Waals surface area contributed by atoms with Crippen LogP contribution in [0.4, 0.5) is 0 Å². The average Bonchev–Trinajstić information content (AvgIpc) is 3.21. The highest BCUT2D eigenvalue weighted by Crippen LogP contribution is 2.52. The van der Waals surface area contributed by atoms with E-state index in [1.54, 1.807) is 10.8 Å². The van der Waals surface area contributed by atoms with Gasteiger partial charge in [-0.1, -0.05) is 36.4 Å². The maximum absolute atomic E-state index is 11.6. The maximum Gasteiger partial charge on any atom is 0.171 e. The van der Waals surface area contributed by atoms with Crippen molar-refractivity contribution in [2.24, 2.45) is 5.92 Å². The molecule has 7 heteroatoms. The molecule has 1 aliphatic carbocycles. The number of nitrogens with zero attached hydrogens (tertiary/aromatic N) is 3. The first-order chi connectivity index (χ1) is 12.0. The highest BCUT2D eigenvalue weighted by atomic mass is 32.2. The summed E-state index contributed by atoms with van der Waals surface area (Å²) in [6.45, 7) is 0.351. The third-order valence-corrected chi connectivity index (χ3v) is 6.48. The predicted octanol–water partition coefficient (Wildman–Crippen LogP) is 1.45. The van der Waals surface area contributed by atoms with Crippen molar-refractivity contribution in [2.75, 3.05) is 12.4 Å². The molecular formula is C18H21N3O3S. The Balaban J connectivity index is 1.64. The van der Waals surface area contributed by atoms with Crippen LogP contribution in [-0.2, 0) is 28.2 Å². The monoisotopic (exact) mass is 359 g/mol. The average molecular weight is 359 g/mol. The van der Waals surface area contributed by atoms with Crippen LogP contribution in [-0.4, -0.2) is 40.6 Å². The molecule has 1 saturated carbocycles. The first-order valence-electron chi connectivity index (χ1n) is 8.54. The van der Waals surface area contributed by atoms with Crippen molar-refractivity contribution in [3.05, 3.63) is 59.0 Å². The lowest BCUT2D eigenvalue weighted by atomic mass is 9.95. The van der Waals surface area contributed by atoms with Crippen LogP contribution in [0.5, 0.6) is 0 Å². The summed E-state index contributed by atoms with van der Waals surface area (Å²) in [5, 5.41) is 15.3. The summed E-state index contributed by atoms with van der Waals surface area (Å²) in [5.74, 6) is 1.58. The Labute approximate surface area is 147 Å². The molecule has 2 heterocycles. The van der Waals surface area contributed by atoms with E-state index in [9.17, 15) is 13.5 Å². The fraction of sp³-hybridized carbons (Fsp3) is 0.444. The van der Waals surface area contributed by atoms with Crippen LogP contribution >= 0.6 is 0 Å². The van der Waals surface area contributed by atoms with Crippen LogP contribution < -0.4 is 0 Å². The summed E-state index contributed by atoms with van der Waals surface area (Å²) in [4.78, 5) is 4.76. The van der Waals surface area contributed by atoms with Gasteiger partial charge in [0.15, 0.2) is 15.7 Å². The van der Waals surface area contributed by atoms with Gasteiger partial charge in [-0.25, -0.2) is 18.1 Å². The number of sulfone groups is 1. The summed E-state index contributed by atoms with van der Waals surface area (Å²) < 4.78 is 25.0. The van der Waals surface area contributed by atoms with Crippen LogP contribution in [0.2, 0.25) is 0 Å². The Bertz CT molecular complexity index is 899. The van der Waals surface area contributed by atoms with Crippen molar-refractivity contribution in [1.82, 2.24) is 14.8 Å². The van der Waals surface area contributed by atoms with Crippen LogP contribution in [0.1, 0.15) is 30.1 Å². The smallest absolute Gasteiger partial charge is 0.171 e. The van der Waals surface area contributed by atoms with Gasteiger partial charge in [0.1, 0.15) is 5.82 Å². The zero-order valence-corrected chi connectivity index (χ0v) is 14.7. The quantitative estimate of drug-likeness (QED) is 0.844. The third-order valence-electron chi connectivity index (χ3n) is 5.01. The van der Waals surface area contributed by atoms with Crippen molar-refractivity contribution < 1.29 is 13.5 Å². The van der Waals surface area contributed by atoms with Gasteiger partial charge in [0, 0.05) is 11.8 Å². The first-order valence-corrected chi connectivity index (χ1v) is 10.3. The second-order valence-electron chi connectivity index (χ2n) is 6.87. The fourth-order valence-electron chi connectivity index (χ4n) is 3.53. The van der Waals surface area contributed by atoms with E-state index in [4.69, 9.17) is 4.98 Å². The minimum absolute atomic E-state index is 0.0209. The van der Waals surface area contributed by atoms with Gasteiger partial charge < -0.3 is 5.11 Å². The molecule has 0 radical (unpaired) electrons. The molecule has 4 rings (SSSR count). The number of hydrogen-bond acceptors (Lipinski definition) is 5. The predicted molar refractivity (Wildman–Crippen MR) is 93.7 cm³/mol. The van der Waals surface area contributed by atoms with E-state index in [1.165, 1.54) is 11.0 Å². The summed E-state index contributed by atoms with van der Waals surface area (Å²) in [7, 11) is -3.08. The number of benzene rings is 1. The summed E-state index contributed by atoms with van der Waals surface area (Å²) >= 11 is 0. The van der Waals surface area contributed by atoms with Gasteiger partial charge >= 0.3 is 0 Å². The van der Waals surface area contributed by atoms with E-state index >= 15 is 0 Å². The van der Waals surface area contributed by atoms with Crippen molar-refractivity contribution in [2.45, 2.75) is 31.2 Å². The topological polar surface area (TPSA) is 85.1 Å². The molecule has 1 N–H and O–H groups in total. The van der Waals surface area contributed by atoms with Crippen molar-refractivity contribution >= 4 is 9.84 Å². The lowest BCUT2D eigenvalue weighted by Gasteiger charge is -2.11. The van der Waals surface area contributed by atoms with E-state index in [1.807, 2.05) is 18.2 Å². The Morgan fingerprint density at radius 3 is 2.60 bits per heavy atom. The van der Waals surface area contributed by atoms with Gasteiger partial charge in [-0.3, -0.25) is 0 Å². The Kier molecular flexibility index (Phi) is 4.00. The molecule has 2 aromatic rings. The molecule has 6 nitrogen and oxygen atoms in total. The summed E-state index contributed by atoms with van der Waals surface area (Å²) in [5.41, 5.74) is 1.08. The molecule has 25 heavy (non-hydrogen) atoms. The SMILES string of the molecule is O=S1(=O)C=C[C@@H](Cc2nc(C3(c4ccccc4)CC3)nn2CCO)C1. The van der Waals surface area contributed by atoms with Crippen molar-refractivity contribution in [3.63, 3.8) is 0 Å². The van der Waals surface area contributed by atoms with Gasteiger partial charge in [-0.2, -0.15) is 5.10 Å². The normalized spacial score (nSPS) is 23.0. The largest absolute Gasteiger partial charge is 0.394 e. The minimum atomic E-state index is -3.08. The second kappa shape index (κ2) is 6.07. The number of hydrogen-bond donors (Lipinski definition) is 1. The number of rotatable bonds is 6. The minimum Gasteiger partial charge on any atom is -0.394 e. The van der Waals surface area contributed by atoms with E-state index in [2.05, 4.69) is 17.2 Å².